The Morgan fingerprint density at radius 1 is 1.42 bits per heavy atom. The van der Waals surface area contributed by atoms with Crippen molar-refractivity contribution in [3.63, 3.8) is 0 Å². The van der Waals surface area contributed by atoms with Crippen LogP contribution in [0, 0.1) is 6.92 Å². The molecule has 1 atom stereocenters. The maximum atomic E-state index is 12.4. The van der Waals surface area contributed by atoms with Gasteiger partial charge in [0.25, 0.3) is 5.91 Å². The molecule has 2 rings (SSSR count). The molecule has 104 valence electrons. The van der Waals surface area contributed by atoms with E-state index < -0.39 is 0 Å². The fraction of sp³-hybridized carbons (Fsp3) is 0.533. The molecule has 1 aliphatic heterocycles. The van der Waals surface area contributed by atoms with E-state index in [1.54, 1.807) is 12.1 Å². The molecule has 1 amide bonds. The van der Waals surface area contributed by atoms with Gasteiger partial charge in [-0.15, -0.1) is 0 Å². The molecular weight excluding hydrogens is 240 g/mol. The predicted octanol–water partition coefficient (Wildman–Crippen LogP) is 1.87. The molecule has 1 heterocycles. The minimum absolute atomic E-state index is 0.0657. The van der Waals surface area contributed by atoms with Crippen LogP contribution < -0.4 is 0 Å². The maximum absolute atomic E-state index is 12.4. The van der Waals surface area contributed by atoms with Crippen LogP contribution in [0.3, 0.4) is 0 Å². The maximum Gasteiger partial charge on any atom is 0.257 e. The van der Waals surface area contributed by atoms with Gasteiger partial charge in [0.15, 0.2) is 0 Å². The lowest BCUT2D eigenvalue weighted by molar-refractivity contribution is 0.0632. The summed E-state index contributed by atoms with van der Waals surface area (Å²) in [4.78, 5) is 16.5. The number of rotatable bonds is 2. The summed E-state index contributed by atoms with van der Waals surface area (Å²) in [5, 5.41) is 9.91. The molecule has 4 nitrogen and oxygen atoms in total. The molecule has 4 heteroatoms. The molecule has 1 aromatic carbocycles. The average molecular weight is 262 g/mol. The Morgan fingerprint density at radius 2 is 2.16 bits per heavy atom. The summed E-state index contributed by atoms with van der Waals surface area (Å²) >= 11 is 0. The Labute approximate surface area is 114 Å². The third kappa shape index (κ3) is 3.07. The molecule has 0 aromatic heterocycles. The molecule has 1 saturated heterocycles. The first-order chi connectivity index (χ1) is 8.99. The number of nitrogens with zero attached hydrogens (tertiary/aromatic N) is 2. The molecule has 0 radical (unpaired) electrons. The Balaban J connectivity index is 2.15. The predicted molar refractivity (Wildman–Crippen MR) is 75.5 cm³/mol. The van der Waals surface area contributed by atoms with E-state index in [-0.39, 0.29) is 11.7 Å². The van der Waals surface area contributed by atoms with Crippen molar-refractivity contribution >= 4 is 5.91 Å². The third-order valence-corrected chi connectivity index (χ3v) is 3.80. The summed E-state index contributed by atoms with van der Waals surface area (Å²) in [5.41, 5.74) is 1.36. The van der Waals surface area contributed by atoms with Gasteiger partial charge >= 0.3 is 0 Å². The Bertz CT molecular complexity index is 471. The van der Waals surface area contributed by atoms with Gasteiger partial charge in [0.2, 0.25) is 0 Å². The number of carbonyl (C=O) groups is 1. The number of likely N-dealkylation sites (N-methyl/N-ethyl adjacent to an activating group) is 1. The van der Waals surface area contributed by atoms with Gasteiger partial charge in [-0.25, -0.2) is 0 Å². The van der Waals surface area contributed by atoms with E-state index in [1.165, 1.54) is 0 Å². The van der Waals surface area contributed by atoms with Crippen LogP contribution in [0.2, 0.25) is 0 Å². The van der Waals surface area contributed by atoms with Gasteiger partial charge in [-0.2, -0.15) is 0 Å². The van der Waals surface area contributed by atoms with Crippen molar-refractivity contribution in [2.45, 2.75) is 25.8 Å². The van der Waals surface area contributed by atoms with Crippen LogP contribution in [0.25, 0.3) is 0 Å². The first kappa shape index (κ1) is 13.9. The highest BCUT2D eigenvalue weighted by molar-refractivity contribution is 5.97. The van der Waals surface area contributed by atoms with Gasteiger partial charge in [0.1, 0.15) is 5.75 Å². The molecule has 19 heavy (non-hydrogen) atoms. The second kappa shape index (κ2) is 5.61. The number of phenols is 1. The Morgan fingerprint density at radius 3 is 2.79 bits per heavy atom. The summed E-state index contributed by atoms with van der Waals surface area (Å²) in [6, 6.07) is 5.62. The van der Waals surface area contributed by atoms with Gasteiger partial charge in [-0.3, -0.25) is 4.79 Å². The van der Waals surface area contributed by atoms with Crippen LogP contribution in [-0.2, 0) is 0 Å². The highest BCUT2D eigenvalue weighted by atomic mass is 16.3. The fourth-order valence-corrected chi connectivity index (χ4v) is 2.55. The fourth-order valence-electron chi connectivity index (χ4n) is 2.55. The molecule has 1 fully saturated rings. The first-order valence-electron chi connectivity index (χ1n) is 6.74. The van der Waals surface area contributed by atoms with Crippen molar-refractivity contribution in [1.82, 2.24) is 9.80 Å². The molecule has 0 bridgehead atoms. The third-order valence-electron chi connectivity index (χ3n) is 3.80. The quantitative estimate of drug-likeness (QED) is 0.885. The molecular formula is C15H22N2O2. The number of likely N-dealkylation sites (tertiary alicyclic amines) is 1. The smallest absolute Gasteiger partial charge is 0.257 e. The zero-order valence-electron chi connectivity index (χ0n) is 11.9. The number of aromatic hydroxyl groups is 1. The van der Waals surface area contributed by atoms with E-state index in [9.17, 15) is 9.90 Å². The van der Waals surface area contributed by atoms with Crippen molar-refractivity contribution in [2.75, 3.05) is 27.2 Å². The first-order valence-corrected chi connectivity index (χ1v) is 6.74. The summed E-state index contributed by atoms with van der Waals surface area (Å²) in [6.07, 6.45) is 2.14. The zero-order valence-corrected chi connectivity index (χ0v) is 11.9. The van der Waals surface area contributed by atoms with Gasteiger partial charge < -0.3 is 14.9 Å². The normalized spacial score (nSPS) is 19.8. The summed E-state index contributed by atoms with van der Waals surface area (Å²) in [5.74, 6) is 0.0148. The van der Waals surface area contributed by atoms with Crippen LogP contribution >= 0.6 is 0 Å². The van der Waals surface area contributed by atoms with Crippen molar-refractivity contribution in [1.29, 1.82) is 0 Å². The SMILES string of the molecule is Cc1ccc(C(=O)N2CCCC(N(C)C)C2)c(O)c1. The number of piperidine rings is 1. The minimum Gasteiger partial charge on any atom is -0.507 e. The van der Waals surface area contributed by atoms with Crippen molar-refractivity contribution < 1.29 is 9.90 Å². The van der Waals surface area contributed by atoms with E-state index in [4.69, 9.17) is 0 Å². The van der Waals surface area contributed by atoms with Crippen molar-refractivity contribution in [3.05, 3.63) is 29.3 Å². The molecule has 1 aliphatic rings. The lowest BCUT2D eigenvalue weighted by Gasteiger charge is -2.36. The van der Waals surface area contributed by atoms with E-state index >= 15 is 0 Å². The van der Waals surface area contributed by atoms with E-state index in [1.807, 2.05) is 32.0 Å². The number of amides is 1. The summed E-state index contributed by atoms with van der Waals surface area (Å²) < 4.78 is 0. The number of benzene rings is 1. The van der Waals surface area contributed by atoms with Crippen LogP contribution in [0.5, 0.6) is 5.75 Å². The van der Waals surface area contributed by atoms with Gasteiger partial charge in [-0.1, -0.05) is 6.07 Å². The van der Waals surface area contributed by atoms with Gasteiger partial charge in [-0.05, 0) is 51.6 Å². The van der Waals surface area contributed by atoms with Crippen molar-refractivity contribution in [2.24, 2.45) is 0 Å². The second-order valence-corrected chi connectivity index (χ2v) is 5.53. The van der Waals surface area contributed by atoms with E-state index in [2.05, 4.69) is 4.90 Å². The van der Waals surface area contributed by atoms with Crippen molar-refractivity contribution in [3.8, 4) is 5.75 Å². The van der Waals surface area contributed by atoms with E-state index in [0.717, 1.165) is 31.5 Å². The molecule has 0 spiro atoms. The summed E-state index contributed by atoms with van der Waals surface area (Å²) in [6.45, 7) is 3.41. The Hall–Kier alpha value is -1.55. The highest BCUT2D eigenvalue weighted by Gasteiger charge is 2.26. The van der Waals surface area contributed by atoms with Crippen LogP contribution in [0.4, 0.5) is 0 Å². The van der Waals surface area contributed by atoms with Gasteiger partial charge in [0, 0.05) is 19.1 Å². The van der Waals surface area contributed by atoms with Crippen LogP contribution in [-0.4, -0.2) is 54.0 Å². The van der Waals surface area contributed by atoms with Gasteiger partial charge in [0.05, 0.1) is 5.56 Å². The largest absolute Gasteiger partial charge is 0.507 e. The number of aryl methyl sites for hydroxylation is 1. The number of hydrogen-bond acceptors (Lipinski definition) is 3. The number of phenolic OH excluding ortho intramolecular Hbond substituents is 1. The topological polar surface area (TPSA) is 43.8 Å². The van der Waals surface area contributed by atoms with Crippen LogP contribution in [0.1, 0.15) is 28.8 Å². The standard InChI is InChI=1S/C15H22N2O2/c1-11-6-7-13(14(18)9-11)15(19)17-8-4-5-12(10-17)16(2)3/h6-7,9,12,18H,4-5,8,10H2,1-3H3. The zero-order chi connectivity index (χ0) is 14.0. The summed E-state index contributed by atoms with van der Waals surface area (Å²) in [7, 11) is 4.09. The average Bonchev–Trinajstić information content (AvgIpc) is 2.38. The lowest BCUT2D eigenvalue weighted by atomic mass is 10.0. The Kier molecular flexibility index (Phi) is 4.10. The minimum atomic E-state index is -0.0657. The molecule has 1 unspecified atom stereocenters. The van der Waals surface area contributed by atoms with E-state index in [0.29, 0.717) is 11.6 Å². The monoisotopic (exact) mass is 262 g/mol. The highest BCUT2D eigenvalue weighted by Crippen LogP contribution is 2.23. The van der Waals surface area contributed by atoms with Crippen LogP contribution in [0.15, 0.2) is 18.2 Å². The number of hydrogen-bond donors (Lipinski definition) is 1. The molecule has 1 N–H and O–H groups in total. The molecule has 0 saturated carbocycles. The lowest BCUT2D eigenvalue weighted by Crippen LogP contribution is -2.47. The number of carbonyl (C=O) groups excluding carboxylic acids is 1. The second-order valence-electron chi connectivity index (χ2n) is 5.53. The molecule has 1 aromatic rings. The molecule has 0 aliphatic carbocycles.